The van der Waals surface area contributed by atoms with Crippen LogP contribution in [-0.2, 0) is 9.53 Å². The minimum absolute atomic E-state index is 0.129. The number of rotatable bonds is 6. The summed E-state index contributed by atoms with van der Waals surface area (Å²) in [5.74, 6) is -1.00. The molecule has 0 saturated heterocycles. The molecule has 0 heterocycles. The van der Waals surface area contributed by atoms with Crippen molar-refractivity contribution in [3.63, 3.8) is 0 Å². The van der Waals surface area contributed by atoms with Crippen LogP contribution in [0.15, 0.2) is 12.2 Å². The molecule has 1 N–H and O–H groups in total. The molecule has 0 aliphatic rings. The first-order valence-electron chi connectivity index (χ1n) is 3.97. The summed E-state index contributed by atoms with van der Waals surface area (Å²) in [6.45, 7) is 5.47. The van der Waals surface area contributed by atoms with Gasteiger partial charge in [0.1, 0.15) is 0 Å². The molecule has 0 bridgehead atoms. The number of carboxylic acid groups (broad SMARTS) is 1. The van der Waals surface area contributed by atoms with Crippen molar-refractivity contribution in [2.75, 3.05) is 6.61 Å². The molecule has 13 heavy (non-hydrogen) atoms. The van der Waals surface area contributed by atoms with Gasteiger partial charge in [0, 0.05) is 12.0 Å². The Kier molecular flexibility index (Phi) is 5.57. The second-order valence-corrected chi connectivity index (χ2v) is 2.70. The standard InChI is InChI=1S/C9H13NO3/c1-7(9(11)12)6-8(2)13-5-3-4-10/h8H,1,3,5-6H2,2H3,(H,11,12). The molecule has 4 nitrogen and oxygen atoms in total. The van der Waals surface area contributed by atoms with E-state index in [0.29, 0.717) is 19.4 Å². The average Bonchev–Trinajstić information content (AvgIpc) is 2.04. The third-order valence-electron chi connectivity index (χ3n) is 1.45. The molecule has 0 aromatic carbocycles. The molecule has 4 heteroatoms. The maximum Gasteiger partial charge on any atom is 0.331 e. The number of carbonyl (C=O) groups is 1. The number of hydrogen-bond acceptors (Lipinski definition) is 3. The van der Waals surface area contributed by atoms with E-state index in [4.69, 9.17) is 15.1 Å². The SMILES string of the molecule is C=C(CC(C)OCCC#N)C(=O)O. The van der Waals surface area contributed by atoms with Crippen LogP contribution in [0.4, 0.5) is 0 Å². The second-order valence-electron chi connectivity index (χ2n) is 2.70. The summed E-state index contributed by atoms with van der Waals surface area (Å²) in [5, 5.41) is 16.7. The smallest absolute Gasteiger partial charge is 0.331 e. The summed E-state index contributed by atoms with van der Waals surface area (Å²) in [5.41, 5.74) is 0.129. The summed E-state index contributed by atoms with van der Waals surface area (Å²) in [7, 11) is 0. The predicted octanol–water partition coefficient (Wildman–Crippen LogP) is 1.34. The molecular formula is C9H13NO3. The van der Waals surface area contributed by atoms with E-state index in [1.807, 2.05) is 6.07 Å². The summed E-state index contributed by atoms with van der Waals surface area (Å²) in [6.07, 6.45) is 0.418. The number of aliphatic carboxylic acids is 1. The largest absolute Gasteiger partial charge is 0.478 e. The van der Waals surface area contributed by atoms with Gasteiger partial charge in [0.05, 0.1) is 25.2 Å². The third-order valence-corrected chi connectivity index (χ3v) is 1.45. The van der Waals surface area contributed by atoms with Gasteiger partial charge in [0.25, 0.3) is 0 Å². The van der Waals surface area contributed by atoms with Crippen molar-refractivity contribution in [2.45, 2.75) is 25.9 Å². The maximum atomic E-state index is 10.4. The highest BCUT2D eigenvalue weighted by atomic mass is 16.5. The number of carboxylic acids is 1. The van der Waals surface area contributed by atoms with E-state index in [1.54, 1.807) is 6.92 Å². The molecule has 0 spiro atoms. The lowest BCUT2D eigenvalue weighted by atomic mass is 10.1. The van der Waals surface area contributed by atoms with Crippen LogP contribution in [0.1, 0.15) is 19.8 Å². The van der Waals surface area contributed by atoms with Crippen molar-refractivity contribution >= 4 is 5.97 Å². The van der Waals surface area contributed by atoms with Gasteiger partial charge in [-0.05, 0) is 6.92 Å². The van der Waals surface area contributed by atoms with Crippen molar-refractivity contribution < 1.29 is 14.6 Å². The molecule has 0 aromatic rings. The van der Waals surface area contributed by atoms with Crippen molar-refractivity contribution in [3.05, 3.63) is 12.2 Å². The monoisotopic (exact) mass is 183 g/mol. The van der Waals surface area contributed by atoms with E-state index in [9.17, 15) is 4.79 Å². The van der Waals surface area contributed by atoms with Gasteiger partial charge in [-0.15, -0.1) is 0 Å². The molecule has 1 atom stereocenters. The Morgan fingerprint density at radius 3 is 2.85 bits per heavy atom. The Morgan fingerprint density at radius 1 is 1.77 bits per heavy atom. The Hall–Kier alpha value is -1.34. The average molecular weight is 183 g/mol. The second kappa shape index (κ2) is 6.21. The first-order chi connectivity index (χ1) is 6.07. The molecule has 0 rings (SSSR count). The van der Waals surface area contributed by atoms with Crippen molar-refractivity contribution in [2.24, 2.45) is 0 Å². The van der Waals surface area contributed by atoms with Gasteiger partial charge in [0.2, 0.25) is 0 Å². The van der Waals surface area contributed by atoms with E-state index in [2.05, 4.69) is 6.58 Å². The van der Waals surface area contributed by atoms with Gasteiger partial charge in [-0.1, -0.05) is 6.58 Å². The first-order valence-corrected chi connectivity index (χ1v) is 3.97. The summed E-state index contributed by atoms with van der Waals surface area (Å²) >= 11 is 0. The van der Waals surface area contributed by atoms with Crippen LogP contribution in [0.25, 0.3) is 0 Å². The molecule has 0 aliphatic heterocycles. The molecule has 0 amide bonds. The van der Waals surface area contributed by atoms with E-state index < -0.39 is 5.97 Å². The van der Waals surface area contributed by atoms with Crippen LogP contribution in [0.3, 0.4) is 0 Å². The molecule has 0 aromatic heterocycles. The Morgan fingerprint density at radius 2 is 2.38 bits per heavy atom. The summed E-state index contributed by atoms with van der Waals surface area (Å²) in [4.78, 5) is 10.4. The molecular weight excluding hydrogens is 170 g/mol. The van der Waals surface area contributed by atoms with Gasteiger partial charge in [-0.25, -0.2) is 4.79 Å². The fourth-order valence-electron chi connectivity index (χ4n) is 0.799. The zero-order chi connectivity index (χ0) is 10.3. The Balaban J connectivity index is 3.63. The van der Waals surface area contributed by atoms with E-state index in [0.717, 1.165) is 0 Å². The maximum absolute atomic E-state index is 10.4. The lowest BCUT2D eigenvalue weighted by Gasteiger charge is -2.10. The van der Waals surface area contributed by atoms with E-state index in [-0.39, 0.29) is 11.7 Å². The highest BCUT2D eigenvalue weighted by Gasteiger charge is 2.09. The normalized spacial score (nSPS) is 11.7. The van der Waals surface area contributed by atoms with Gasteiger partial charge in [0.15, 0.2) is 0 Å². The lowest BCUT2D eigenvalue weighted by molar-refractivity contribution is -0.133. The van der Waals surface area contributed by atoms with Crippen LogP contribution in [0.5, 0.6) is 0 Å². The first kappa shape index (κ1) is 11.7. The highest BCUT2D eigenvalue weighted by Crippen LogP contribution is 2.06. The van der Waals surface area contributed by atoms with Crippen LogP contribution in [-0.4, -0.2) is 23.8 Å². The molecule has 1 unspecified atom stereocenters. The number of ether oxygens (including phenoxy) is 1. The minimum atomic E-state index is -1.00. The van der Waals surface area contributed by atoms with Crippen molar-refractivity contribution in [1.29, 1.82) is 5.26 Å². The zero-order valence-corrected chi connectivity index (χ0v) is 7.62. The fourth-order valence-corrected chi connectivity index (χ4v) is 0.799. The molecule has 0 aliphatic carbocycles. The fraction of sp³-hybridized carbons (Fsp3) is 0.556. The van der Waals surface area contributed by atoms with Gasteiger partial charge >= 0.3 is 5.97 Å². The van der Waals surface area contributed by atoms with E-state index >= 15 is 0 Å². The minimum Gasteiger partial charge on any atom is -0.478 e. The van der Waals surface area contributed by atoms with Crippen LogP contribution in [0.2, 0.25) is 0 Å². The molecule has 72 valence electrons. The number of hydrogen-bond donors (Lipinski definition) is 1. The predicted molar refractivity (Wildman–Crippen MR) is 47.0 cm³/mol. The molecule has 0 saturated carbocycles. The summed E-state index contributed by atoms with van der Waals surface area (Å²) < 4.78 is 5.16. The van der Waals surface area contributed by atoms with E-state index in [1.165, 1.54) is 0 Å². The zero-order valence-electron chi connectivity index (χ0n) is 7.62. The quantitative estimate of drug-likeness (QED) is 0.498. The van der Waals surface area contributed by atoms with Gasteiger partial charge < -0.3 is 9.84 Å². The highest BCUT2D eigenvalue weighted by molar-refractivity contribution is 5.85. The van der Waals surface area contributed by atoms with Crippen LogP contribution >= 0.6 is 0 Å². The lowest BCUT2D eigenvalue weighted by Crippen LogP contribution is -2.13. The number of nitriles is 1. The van der Waals surface area contributed by atoms with Gasteiger partial charge in [-0.3, -0.25) is 0 Å². The van der Waals surface area contributed by atoms with Crippen LogP contribution < -0.4 is 0 Å². The Labute approximate surface area is 77.4 Å². The van der Waals surface area contributed by atoms with Gasteiger partial charge in [-0.2, -0.15) is 5.26 Å². The van der Waals surface area contributed by atoms with Crippen LogP contribution in [0, 0.1) is 11.3 Å². The Bertz CT molecular complexity index is 230. The third kappa shape index (κ3) is 5.88. The molecule has 0 fully saturated rings. The van der Waals surface area contributed by atoms with Crippen molar-refractivity contribution in [3.8, 4) is 6.07 Å². The topological polar surface area (TPSA) is 70.3 Å². The van der Waals surface area contributed by atoms with Crippen molar-refractivity contribution in [1.82, 2.24) is 0 Å². The summed E-state index contributed by atoms with van der Waals surface area (Å²) in [6, 6.07) is 1.94. The number of nitrogens with zero attached hydrogens (tertiary/aromatic N) is 1. The molecule has 0 radical (unpaired) electrons.